The van der Waals surface area contributed by atoms with E-state index in [9.17, 15) is 0 Å². The van der Waals surface area contributed by atoms with Crippen molar-refractivity contribution in [2.75, 3.05) is 6.54 Å². The van der Waals surface area contributed by atoms with E-state index in [0.717, 1.165) is 35.8 Å². The highest BCUT2D eigenvalue weighted by Crippen LogP contribution is 2.26. The lowest BCUT2D eigenvalue weighted by Crippen LogP contribution is -2.21. The van der Waals surface area contributed by atoms with Gasteiger partial charge in [0.05, 0.1) is 0 Å². The summed E-state index contributed by atoms with van der Waals surface area (Å²) in [5, 5.41) is 4.21. The average Bonchev–Trinajstić information content (AvgIpc) is 2.42. The third-order valence-corrected chi connectivity index (χ3v) is 3.61. The third kappa shape index (κ3) is 4.84. The van der Waals surface area contributed by atoms with E-state index in [1.54, 1.807) is 0 Å². The molecular weight excluding hydrogens is 270 g/mol. The number of nitrogens with one attached hydrogen (secondary N) is 1. The fraction of sp³-hybridized carbons (Fsp3) is 0.529. The Labute approximate surface area is 127 Å². The van der Waals surface area contributed by atoms with Gasteiger partial charge < -0.3 is 10.1 Å². The summed E-state index contributed by atoms with van der Waals surface area (Å²) < 4.78 is 6.11. The summed E-state index contributed by atoms with van der Waals surface area (Å²) in [6.07, 6.45) is 8.05. The van der Waals surface area contributed by atoms with Gasteiger partial charge in [0.25, 0.3) is 0 Å². The van der Waals surface area contributed by atoms with E-state index in [-0.39, 0.29) is 6.10 Å². The summed E-state index contributed by atoms with van der Waals surface area (Å²) in [7, 11) is 0. The van der Waals surface area contributed by atoms with E-state index in [4.69, 9.17) is 16.3 Å². The molecule has 0 amide bonds. The molecular formula is C17H24ClNO. The van der Waals surface area contributed by atoms with Gasteiger partial charge in [0, 0.05) is 17.1 Å². The highest BCUT2D eigenvalue weighted by Gasteiger charge is 2.13. The van der Waals surface area contributed by atoms with E-state index < -0.39 is 0 Å². The van der Waals surface area contributed by atoms with Crippen molar-refractivity contribution in [3.8, 4) is 5.75 Å². The van der Waals surface area contributed by atoms with E-state index in [1.807, 2.05) is 18.2 Å². The first-order chi connectivity index (χ1) is 9.65. The molecule has 0 aliphatic heterocycles. The van der Waals surface area contributed by atoms with Crippen molar-refractivity contribution in [2.24, 2.45) is 5.92 Å². The molecule has 0 fully saturated rings. The van der Waals surface area contributed by atoms with Gasteiger partial charge in [0.1, 0.15) is 11.9 Å². The van der Waals surface area contributed by atoms with Crippen molar-refractivity contribution in [2.45, 2.75) is 45.8 Å². The van der Waals surface area contributed by atoms with Crippen molar-refractivity contribution >= 4 is 11.6 Å². The van der Waals surface area contributed by atoms with Crippen LogP contribution in [0.4, 0.5) is 0 Å². The Morgan fingerprint density at radius 1 is 1.40 bits per heavy atom. The van der Waals surface area contributed by atoms with Crippen LogP contribution >= 0.6 is 11.6 Å². The molecule has 0 aromatic heterocycles. The fourth-order valence-electron chi connectivity index (χ4n) is 2.34. The number of allylic oxidation sites excluding steroid dienone is 1. The van der Waals surface area contributed by atoms with Crippen LogP contribution in [0.1, 0.15) is 38.7 Å². The second-order valence-corrected chi connectivity index (χ2v) is 6.23. The molecule has 110 valence electrons. The number of benzene rings is 1. The van der Waals surface area contributed by atoms with Crippen molar-refractivity contribution < 1.29 is 4.74 Å². The lowest BCUT2D eigenvalue weighted by Gasteiger charge is -2.21. The predicted molar refractivity (Wildman–Crippen MR) is 85.4 cm³/mol. The quantitative estimate of drug-likeness (QED) is 0.776. The number of halogens is 1. The molecule has 2 nitrogen and oxygen atoms in total. The average molecular weight is 294 g/mol. The van der Waals surface area contributed by atoms with Gasteiger partial charge in [0.2, 0.25) is 0 Å². The van der Waals surface area contributed by atoms with Crippen LogP contribution in [0.15, 0.2) is 30.4 Å². The Morgan fingerprint density at radius 3 is 2.95 bits per heavy atom. The molecule has 1 N–H and O–H groups in total. The zero-order valence-electron chi connectivity index (χ0n) is 12.4. The van der Waals surface area contributed by atoms with Crippen LogP contribution in [-0.2, 0) is 6.54 Å². The zero-order chi connectivity index (χ0) is 14.4. The maximum Gasteiger partial charge on any atom is 0.124 e. The number of hydrogen-bond acceptors (Lipinski definition) is 2. The zero-order valence-corrected chi connectivity index (χ0v) is 13.1. The monoisotopic (exact) mass is 293 g/mol. The van der Waals surface area contributed by atoms with Crippen LogP contribution in [-0.4, -0.2) is 12.6 Å². The summed E-state index contributed by atoms with van der Waals surface area (Å²) in [5.41, 5.74) is 1.14. The maximum atomic E-state index is 6.11. The molecule has 1 aliphatic rings. The van der Waals surface area contributed by atoms with Crippen molar-refractivity contribution in [3.63, 3.8) is 0 Å². The smallest absolute Gasteiger partial charge is 0.124 e. The van der Waals surface area contributed by atoms with Gasteiger partial charge >= 0.3 is 0 Å². The van der Waals surface area contributed by atoms with Crippen LogP contribution in [0.5, 0.6) is 5.75 Å². The molecule has 20 heavy (non-hydrogen) atoms. The Balaban J connectivity index is 2.02. The van der Waals surface area contributed by atoms with Gasteiger partial charge in [-0.2, -0.15) is 0 Å². The SMILES string of the molecule is CC(C)CNCc1cc(Cl)ccc1OC1C=CCCC1. The summed E-state index contributed by atoms with van der Waals surface area (Å²) in [5.74, 6) is 1.59. The standard InChI is InChI=1S/C17H24ClNO/c1-13(2)11-19-12-14-10-15(18)8-9-17(14)20-16-6-4-3-5-7-16/h4,6,8-10,13,16,19H,3,5,7,11-12H2,1-2H3. The molecule has 0 saturated heterocycles. The van der Waals surface area contributed by atoms with E-state index >= 15 is 0 Å². The minimum Gasteiger partial charge on any atom is -0.486 e. The Kier molecular flexibility index (Phi) is 5.93. The molecule has 1 aliphatic carbocycles. The Morgan fingerprint density at radius 2 is 2.25 bits per heavy atom. The van der Waals surface area contributed by atoms with E-state index in [2.05, 4.69) is 31.3 Å². The van der Waals surface area contributed by atoms with Gasteiger partial charge in [-0.25, -0.2) is 0 Å². The molecule has 2 rings (SSSR count). The number of hydrogen-bond donors (Lipinski definition) is 1. The lowest BCUT2D eigenvalue weighted by molar-refractivity contribution is 0.227. The molecule has 0 spiro atoms. The molecule has 0 saturated carbocycles. The molecule has 1 unspecified atom stereocenters. The van der Waals surface area contributed by atoms with Crippen molar-refractivity contribution in [1.82, 2.24) is 5.32 Å². The maximum absolute atomic E-state index is 6.11. The topological polar surface area (TPSA) is 21.3 Å². The van der Waals surface area contributed by atoms with Gasteiger partial charge in [0.15, 0.2) is 0 Å². The molecule has 0 bridgehead atoms. The summed E-state index contributed by atoms with van der Waals surface area (Å²) in [4.78, 5) is 0. The van der Waals surface area contributed by atoms with Crippen LogP contribution in [0, 0.1) is 5.92 Å². The van der Waals surface area contributed by atoms with Crippen LogP contribution in [0.25, 0.3) is 0 Å². The largest absolute Gasteiger partial charge is 0.486 e. The summed E-state index contributed by atoms with van der Waals surface area (Å²) in [6.45, 7) is 6.20. The fourth-order valence-corrected chi connectivity index (χ4v) is 2.53. The van der Waals surface area contributed by atoms with E-state index in [1.165, 1.54) is 12.8 Å². The molecule has 3 heteroatoms. The number of rotatable bonds is 6. The first-order valence-corrected chi connectivity index (χ1v) is 7.85. The number of ether oxygens (including phenoxy) is 1. The van der Waals surface area contributed by atoms with Gasteiger partial charge in [-0.15, -0.1) is 0 Å². The minimum atomic E-state index is 0.203. The molecule has 1 aromatic rings. The highest BCUT2D eigenvalue weighted by atomic mass is 35.5. The minimum absolute atomic E-state index is 0.203. The molecule has 1 aromatic carbocycles. The highest BCUT2D eigenvalue weighted by molar-refractivity contribution is 6.30. The first kappa shape index (κ1) is 15.4. The Hall–Kier alpha value is -0.990. The van der Waals surface area contributed by atoms with Crippen molar-refractivity contribution in [3.05, 3.63) is 40.9 Å². The van der Waals surface area contributed by atoms with Crippen LogP contribution in [0.3, 0.4) is 0 Å². The third-order valence-electron chi connectivity index (χ3n) is 3.38. The van der Waals surface area contributed by atoms with E-state index in [0.29, 0.717) is 5.92 Å². The summed E-state index contributed by atoms with van der Waals surface area (Å²) >= 11 is 6.10. The molecule has 0 radical (unpaired) electrons. The second-order valence-electron chi connectivity index (χ2n) is 5.79. The van der Waals surface area contributed by atoms with Crippen LogP contribution in [0.2, 0.25) is 5.02 Å². The predicted octanol–water partition coefficient (Wildman–Crippen LogP) is 4.57. The van der Waals surface area contributed by atoms with Gasteiger partial charge in [-0.3, -0.25) is 0 Å². The lowest BCUT2D eigenvalue weighted by atomic mass is 10.1. The Bertz CT molecular complexity index is 456. The first-order valence-electron chi connectivity index (χ1n) is 7.47. The van der Waals surface area contributed by atoms with Crippen LogP contribution < -0.4 is 10.1 Å². The summed E-state index contributed by atoms with van der Waals surface area (Å²) in [6, 6.07) is 5.88. The van der Waals surface area contributed by atoms with Gasteiger partial charge in [-0.05, 0) is 56.0 Å². The van der Waals surface area contributed by atoms with Gasteiger partial charge in [-0.1, -0.05) is 31.5 Å². The van der Waals surface area contributed by atoms with Crippen molar-refractivity contribution in [1.29, 1.82) is 0 Å². The molecule has 0 heterocycles. The molecule has 1 atom stereocenters. The second kappa shape index (κ2) is 7.70. The normalized spacial score (nSPS) is 18.5.